The molecule has 0 aromatic carbocycles. The van der Waals surface area contributed by atoms with E-state index in [2.05, 4.69) is 16.9 Å². The van der Waals surface area contributed by atoms with Crippen LogP contribution in [0.25, 0.3) is 0 Å². The Kier molecular flexibility index (Phi) is 5.58. The minimum atomic E-state index is -0.507. The molecular weight excluding hydrogens is 230 g/mol. The van der Waals surface area contributed by atoms with Crippen LogP contribution in [0.1, 0.15) is 38.5 Å². The summed E-state index contributed by atoms with van der Waals surface area (Å²) in [6.07, 6.45) is 5.13. The largest absolute Gasteiger partial charge is 0.465 e. The van der Waals surface area contributed by atoms with Gasteiger partial charge in [-0.3, -0.25) is 5.32 Å². The van der Waals surface area contributed by atoms with E-state index in [-0.39, 0.29) is 12.0 Å². The van der Waals surface area contributed by atoms with Crippen LogP contribution in [0.5, 0.6) is 0 Å². The average molecular weight is 251 g/mol. The van der Waals surface area contributed by atoms with E-state index >= 15 is 0 Å². The van der Waals surface area contributed by atoms with Crippen LogP contribution in [-0.4, -0.2) is 28.7 Å². The van der Waals surface area contributed by atoms with Crippen LogP contribution in [-0.2, 0) is 9.53 Å². The number of imidazole rings is 1. The molecule has 0 saturated carbocycles. The van der Waals surface area contributed by atoms with Gasteiger partial charge in [0.2, 0.25) is 0 Å². The Labute approximate surface area is 108 Å². The van der Waals surface area contributed by atoms with Crippen molar-refractivity contribution in [3.63, 3.8) is 0 Å². The fourth-order valence-corrected chi connectivity index (χ4v) is 1.71. The van der Waals surface area contributed by atoms with Gasteiger partial charge in [-0.05, 0) is 20.8 Å². The molecule has 0 aliphatic rings. The standard InChI is InChI=1S/C13H21N3O2/c1-5-7-15-12(13(17)18-6-2)11-8-14-9-16(11)10(3)4/h5,8-10,12,15H,1,6-7H2,2-4H3. The van der Waals surface area contributed by atoms with E-state index in [1.807, 2.05) is 18.4 Å². The molecule has 0 bridgehead atoms. The van der Waals surface area contributed by atoms with E-state index in [0.717, 1.165) is 5.69 Å². The van der Waals surface area contributed by atoms with E-state index in [4.69, 9.17) is 4.74 Å². The highest BCUT2D eigenvalue weighted by Crippen LogP contribution is 2.18. The minimum Gasteiger partial charge on any atom is -0.465 e. The number of nitrogens with zero attached hydrogens (tertiary/aromatic N) is 2. The second-order valence-corrected chi connectivity index (χ2v) is 4.20. The van der Waals surface area contributed by atoms with Gasteiger partial charge in [0.15, 0.2) is 0 Å². The fraction of sp³-hybridized carbons (Fsp3) is 0.538. The van der Waals surface area contributed by atoms with Gasteiger partial charge in [0.1, 0.15) is 6.04 Å². The van der Waals surface area contributed by atoms with Gasteiger partial charge in [0.25, 0.3) is 0 Å². The summed E-state index contributed by atoms with van der Waals surface area (Å²) in [4.78, 5) is 16.1. The van der Waals surface area contributed by atoms with Crippen molar-refractivity contribution in [1.82, 2.24) is 14.9 Å². The highest BCUT2D eigenvalue weighted by atomic mass is 16.5. The molecule has 100 valence electrons. The number of aromatic nitrogens is 2. The number of hydrogen-bond acceptors (Lipinski definition) is 4. The zero-order valence-corrected chi connectivity index (χ0v) is 11.2. The second kappa shape index (κ2) is 6.96. The van der Waals surface area contributed by atoms with Crippen molar-refractivity contribution in [2.24, 2.45) is 0 Å². The molecule has 0 radical (unpaired) electrons. The topological polar surface area (TPSA) is 56.1 Å². The third-order valence-corrected chi connectivity index (χ3v) is 2.54. The van der Waals surface area contributed by atoms with Crippen molar-refractivity contribution in [2.75, 3.05) is 13.2 Å². The van der Waals surface area contributed by atoms with E-state index in [1.54, 1.807) is 25.5 Å². The maximum Gasteiger partial charge on any atom is 0.329 e. The lowest BCUT2D eigenvalue weighted by atomic mass is 10.2. The molecule has 1 unspecified atom stereocenters. The van der Waals surface area contributed by atoms with Crippen LogP contribution in [0.4, 0.5) is 0 Å². The lowest BCUT2D eigenvalue weighted by Gasteiger charge is -2.20. The SMILES string of the molecule is C=CCNC(C(=O)OCC)c1cncn1C(C)C. The summed E-state index contributed by atoms with van der Waals surface area (Å²) in [7, 11) is 0. The summed E-state index contributed by atoms with van der Waals surface area (Å²) in [5.41, 5.74) is 0.810. The lowest BCUT2D eigenvalue weighted by Crippen LogP contribution is -2.32. The molecule has 0 spiro atoms. The Bertz CT molecular complexity index is 399. The lowest BCUT2D eigenvalue weighted by molar-refractivity contribution is -0.146. The quantitative estimate of drug-likeness (QED) is 0.593. The molecule has 5 nitrogen and oxygen atoms in total. The summed E-state index contributed by atoms with van der Waals surface area (Å²) >= 11 is 0. The van der Waals surface area contributed by atoms with Crippen LogP contribution in [0, 0.1) is 0 Å². The Morgan fingerprint density at radius 1 is 1.67 bits per heavy atom. The second-order valence-electron chi connectivity index (χ2n) is 4.20. The summed E-state index contributed by atoms with van der Waals surface area (Å²) in [6.45, 7) is 10.4. The van der Waals surface area contributed by atoms with Crippen LogP contribution in [0.3, 0.4) is 0 Å². The number of nitrogens with one attached hydrogen (secondary N) is 1. The molecule has 1 atom stereocenters. The summed E-state index contributed by atoms with van der Waals surface area (Å²) < 4.78 is 7.04. The third kappa shape index (κ3) is 3.43. The maximum absolute atomic E-state index is 12.0. The zero-order chi connectivity index (χ0) is 13.5. The molecule has 0 amide bonds. The number of carbonyl (C=O) groups excluding carboxylic acids is 1. The Balaban J connectivity index is 2.96. The molecule has 1 aromatic heterocycles. The first-order chi connectivity index (χ1) is 8.61. The molecule has 18 heavy (non-hydrogen) atoms. The van der Waals surface area contributed by atoms with Crippen molar-refractivity contribution in [1.29, 1.82) is 0 Å². The van der Waals surface area contributed by atoms with Crippen molar-refractivity contribution >= 4 is 5.97 Å². The van der Waals surface area contributed by atoms with Gasteiger partial charge >= 0.3 is 5.97 Å². The van der Waals surface area contributed by atoms with Crippen LogP contribution >= 0.6 is 0 Å². The van der Waals surface area contributed by atoms with Crippen molar-refractivity contribution in [3.8, 4) is 0 Å². The van der Waals surface area contributed by atoms with Crippen LogP contribution in [0.15, 0.2) is 25.2 Å². The Hall–Kier alpha value is -1.62. The zero-order valence-electron chi connectivity index (χ0n) is 11.2. The number of hydrogen-bond donors (Lipinski definition) is 1. The van der Waals surface area contributed by atoms with Gasteiger partial charge in [-0.15, -0.1) is 6.58 Å². The maximum atomic E-state index is 12.0. The molecule has 1 aromatic rings. The molecule has 1 N–H and O–H groups in total. The Morgan fingerprint density at radius 3 is 2.94 bits per heavy atom. The fourth-order valence-electron chi connectivity index (χ4n) is 1.71. The van der Waals surface area contributed by atoms with E-state index in [1.165, 1.54) is 0 Å². The van der Waals surface area contributed by atoms with E-state index < -0.39 is 6.04 Å². The molecule has 5 heteroatoms. The van der Waals surface area contributed by atoms with Crippen molar-refractivity contribution in [2.45, 2.75) is 32.9 Å². The molecular formula is C13H21N3O2. The predicted molar refractivity (Wildman–Crippen MR) is 70.2 cm³/mol. The van der Waals surface area contributed by atoms with E-state index in [0.29, 0.717) is 13.2 Å². The first-order valence-electron chi connectivity index (χ1n) is 6.14. The van der Waals surface area contributed by atoms with Gasteiger partial charge in [0, 0.05) is 12.6 Å². The molecule has 0 saturated heterocycles. The number of ether oxygens (including phenoxy) is 1. The third-order valence-electron chi connectivity index (χ3n) is 2.54. The first kappa shape index (κ1) is 14.4. The molecule has 1 rings (SSSR count). The highest BCUT2D eigenvalue weighted by Gasteiger charge is 2.25. The van der Waals surface area contributed by atoms with Gasteiger partial charge in [-0.2, -0.15) is 0 Å². The average Bonchev–Trinajstić information content (AvgIpc) is 2.79. The van der Waals surface area contributed by atoms with Gasteiger partial charge in [-0.1, -0.05) is 6.08 Å². The molecule has 0 aliphatic heterocycles. The number of esters is 1. The van der Waals surface area contributed by atoms with Crippen LogP contribution < -0.4 is 5.32 Å². The summed E-state index contributed by atoms with van der Waals surface area (Å²) in [6, 6.07) is -0.266. The van der Waals surface area contributed by atoms with Crippen molar-refractivity contribution in [3.05, 3.63) is 30.9 Å². The smallest absolute Gasteiger partial charge is 0.329 e. The monoisotopic (exact) mass is 251 g/mol. The molecule has 0 aliphatic carbocycles. The van der Waals surface area contributed by atoms with Crippen molar-refractivity contribution < 1.29 is 9.53 Å². The molecule has 0 fully saturated rings. The predicted octanol–water partition coefficient (Wildman–Crippen LogP) is 1.84. The van der Waals surface area contributed by atoms with Gasteiger partial charge in [-0.25, -0.2) is 9.78 Å². The summed E-state index contributed by atoms with van der Waals surface area (Å²) in [5, 5.41) is 3.10. The first-order valence-corrected chi connectivity index (χ1v) is 6.14. The van der Waals surface area contributed by atoms with Gasteiger partial charge < -0.3 is 9.30 Å². The normalized spacial score (nSPS) is 12.4. The minimum absolute atomic E-state index is 0.241. The van der Waals surface area contributed by atoms with Gasteiger partial charge in [0.05, 0.1) is 24.8 Å². The highest BCUT2D eigenvalue weighted by molar-refractivity contribution is 5.77. The number of rotatable bonds is 7. The Morgan fingerprint density at radius 2 is 2.39 bits per heavy atom. The number of carbonyl (C=O) groups is 1. The van der Waals surface area contributed by atoms with Crippen LogP contribution in [0.2, 0.25) is 0 Å². The molecule has 1 heterocycles. The summed E-state index contributed by atoms with van der Waals surface area (Å²) in [5.74, 6) is -0.290. The van der Waals surface area contributed by atoms with E-state index in [9.17, 15) is 4.79 Å².